The van der Waals surface area contributed by atoms with Crippen LogP contribution in [0.15, 0.2) is 12.1 Å². The highest BCUT2D eigenvalue weighted by atomic mass is 16.6. The number of benzene rings is 1. The maximum absolute atomic E-state index is 11.0. The van der Waals surface area contributed by atoms with Crippen LogP contribution in [0.4, 0.5) is 11.4 Å². The van der Waals surface area contributed by atoms with Crippen molar-refractivity contribution in [3.8, 4) is 5.75 Å². The van der Waals surface area contributed by atoms with Gasteiger partial charge in [-0.1, -0.05) is 0 Å². The smallest absolute Gasteiger partial charge is 0.342 e. The molecule has 0 spiro atoms. The lowest BCUT2D eigenvalue weighted by atomic mass is 10.1. The summed E-state index contributed by atoms with van der Waals surface area (Å²) < 4.78 is 4.76. The van der Waals surface area contributed by atoms with E-state index in [9.17, 15) is 19.7 Å². The van der Waals surface area contributed by atoms with E-state index in [0.29, 0.717) is 0 Å². The number of nitro benzene ring substituents is 1. The summed E-state index contributed by atoms with van der Waals surface area (Å²) in [5, 5.41) is 22.1. The molecule has 0 aromatic heterocycles. The molecule has 18 heavy (non-hydrogen) atoms. The van der Waals surface area contributed by atoms with Gasteiger partial charge < -0.3 is 15.2 Å². The highest BCUT2D eigenvalue weighted by Gasteiger charge is 2.26. The van der Waals surface area contributed by atoms with Gasteiger partial charge in [-0.25, -0.2) is 4.79 Å². The van der Waals surface area contributed by atoms with Crippen molar-refractivity contribution >= 4 is 23.3 Å². The number of nitro groups is 1. The molecule has 1 rings (SSSR count). The van der Waals surface area contributed by atoms with Crippen molar-refractivity contribution in [2.75, 3.05) is 12.4 Å². The molecule has 96 valence electrons. The number of hydrogen-bond acceptors (Lipinski definition) is 5. The second-order valence-corrected chi connectivity index (χ2v) is 3.32. The average molecular weight is 254 g/mol. The number of carboxylic acids is 1. The van der Waals surface area contributed by atoms with E-state index < -0.39 is 28.1 Å². The molecule has 0 aliphatic heterocycles. The molecule has 1 amide bonds. The van der Waals surface area contributed by atoms with Crippen LogP contribution in [-0.2, 0) is 4.79 Å². The summed E-state index contributed by atoms with van der Waals surface area (Å²) in [6.07, 6.45) is 0. The Bertz CT molecular complexity index is 525. The Hall–Kier alpha value is -2.64. The molecular weight excluding hydrogens is 244 g/mol. The van der Waals surface area contributed by atoms with Crippen LogP contribution in [0, 0.1) is 10.1 Å². The van der Waals surface area contributed by atoms with E-state index in [4.69, 9.17) is 9.84 Å². The number of aromatic carboxylic acids is 1. The predicted octanol–water partition coefficient (Wildman–Crippen LogP) is 1.26. The molecule has 0 aliphatic carbocycles. The summed E-state index contributed by atoms with van der Waals surface area (Å²) in [7, 11) is 1.17. The van der Waals surface area contributed by atoms with Crippen molar-refractivity contribution in [2.45, 2.75) is 6.92 Å². The first kappa shape index (κ1) is 13.4. The van der Waals surface area contributed by atoms with Gasteiger partial charge in [0.2, 0.25) is 5.91 Å². The number of amides is 1. The number of anilines is 1. The van der Waals surface area contributed by atoms with Gasteiger partial charge in [-0.2, -0.15) is 0 Å². The lowest BCUT2D eigenvalue weighted by Crippen LogP contribution is -2.10. The molecule has 0 saturated carbocycles. The third-order valence-electron chi connectivity index (χ3n) is 2.03. The minimum Gasteiger partial charge on any atom is -0.490 e. The van der Waals surface area contributed by atoms with Crippen molar-refractivity contribution in [1.82, 2.24) is 0 Å². The number of methoxy groups -OCH3 is 1. The molecule has 1 aromatic rings. The molecule has 0 unspecified atom stereocenters. The molecule has 8 heteroatoms. The number of carbonyl (C=O) groups is 2. The summed E-state index contributed by atoms with van der Waals surface area (Å²) in [5.41, 5.74) is -1.09. The molecule has 8 nitrogen and oxygen atoms in total. The normalized spacial score (nSPS) is 9.67. The number of hydrogen-bond donors (Lipinski definition) is 2. The first-order valence-corrected chi connectivity index (χ1v) is 4.74. The zero-order chi connectivity index (χ0) is 13.9. The van der Waals surface area contributed by atoms with E-state index in [1.807, 2.05) is 0 Å². The second kappa shape index (κ2) is 5.13. The van der Waals surface area contributed by atoms with E-state index in [-0.39, 0.29) is 11.4 Å². The lowest BCUT2D eigenvalue weighted by molar-refractivity contribution is -0.386. The Balaban J connectivity index is 3.48. The number of ether oxygens (including phenoxy) is 1. The van der Waals surface area contributed by atoms with Crippen molar-refractivity contribution in [2.24, 2.45) is 0 Å². The third kappa shape index (κ3) is 2.73. The fourth-order valence-electron chi connectivity index (χ4n) is 1.39. The average Bonchev–Trinajstić information content (AvgIpc) is 2.26. The maximum atomic E-state index is 11.0. The van der Waals surface area contributed by atoms with Gasteiger partial charge in [0.1, 0.15) is 5.56 Å². The van der Waals surface area contributed by atoms with E-state index in [0.717, 1.165) is 6.07 Å². The molecule has 0 saturated heterocycles. The Morgan fingerprint density at radius 2 is 2.06 bits per heavy atom. The van der Waals surface area contributed by atoms with Crippen LogP contribution in [0.1, 0.15) is 17.3 Å². The monoisotopic (exact) mass is 254 g/mol. The van der Waals surface area contributed by atoms with E-state index >= 15 is 0 Å². The standard InChI is InChI=1S/C10H10N2O6/c1-5(13)11-6-3-7(10(14)15)9(12(16)17)8(4-6)18-2/h3-4H,1-2H3,(H,11,13)(H,14,15). The molecule has 0 bridgehead atoms. The summed E-state index contributed by atoms with van der Waals surface area (Å²) >= 11 is 0. The molecule has 1 aromatic carbocycles. The Kier molecular flexibility index (Phi) is 3.82. The Labute approximate surface area is 101 Å². The lowest BCUT2D eigenvalue weighted by Gasteiger charge is -2.08. The zero-order valence-electron chi connectivity index (χ0n) is 9.59. The van der Waals surface area contributed by atoms with Crippen molar-refractivity contribution in [3.63, 3.8) is 0 Å². The largest absolute Gasteiger partial charge is 0.490 e. The molecule has 0 heterocycles. The van der Waals surface area contributed by atoms with Gasteiger partial charge in [0.25, 0.3) is 0 Å². The number of nitrogens with one attached hydrogen (secondary N) is 1. The van der Waals surface area contributed by atoms with Crippen molar-refractivity contribution < 1.29 is 24.4 Å². The fraction of sp³-hybridized carbons (Fsp3) is 0.200. The number of nitrogens with zero attached hydrogens (tertiary/aromatic N) is 1. The summed E-state index contributed by atoms with van der Waals surface area (Å²) in [6, 6.07) is 2.19. The quantitative estimate of drug-likeness (QED) is 0.616. The fourth-order valence-corrected chi connectivity index (χ4v) is 1.39. The topological polar surface area (TPSA) is 119 Å². The van der Waals surface area contributed by atoms with E-state index in [2.05, 4.69) is 5.32 Å². The van der Waals surface area contributed by atoms with E-state index in [1.165, 1.54) is 20.1 Å². The predicted molar refractivity (Wildman–Crippen MR) is 60.9 cm³/mol. The second-order valence-electron chi connectivity index (χ2n) is 3.32. The molecular formula is C10H10N2O6. The molecule has 2 N–H and O–H groups in total. The SMILES string of the molecule is COc1cc(NC(C)=O)cc(C(=O)O)c1[N+](=O)[O-]. The van der Waals surface area contributed by atoms with E-state index in [1.54, 1.807) is 0 Å². The van der Waals surface area contributed by atoms with Crippen molar-refractivity contribution in [1.29, 1.82) is 0 Å². The van der Waals surface area contributed by atoms with Gasteiger partial charge in [-0.05, 0) is 6.07 Å². The van der Waals surface area contributed by atoms with Crippen LogP contribution in [0.5, 0.6) is 5.75 Å². The first-order chi connectivity index (χ1) is 8.36. The van der Waals surface area contributed by atoms with Gasteiger partial charge in [0, 0.05) is 18.7 Å². The zero-order valence-corrected chi connectivity index (χ0v) is 9.59. The first-order valence-electron chi connectivity index (χ1n) is 4.74. The van der Waals surface area contributed by atoms with Gasteiger partial charge >= 0.3 is 11.7 Å². The highest BCUT2D eigenvalue weighted by molar-refractivity contribution is 5.97. The van der Waals surface area contributed by atoms with Crippen LogP contribution in [0.25, 0.3) is 0 Å². The van der Waals surface area contributed by atoms with Gasteiger partial charge in [-0.15, -0.1) is 0 Å². The Morgan fingerprint density at radius 1 is 1.44 bits per heavy atom. The summed E-state index contributed by atoms with van der Waals surface area (Å²) in [4.78, 5) is 31.8. The molecule has 0 radical (unpaired) electrons. The minimum atomic E-state index is -1.48. The van der Waals surface area contributed by atoms with Crippen LogP contribution in [-0.4, -0.2) is 29.0 Å². The number of rotatable bonds is 4. The van der Waals surface area contributed by atoms with Gasteiger partial charge in [0.15, 0.2) is 5.75 Å². The molecule has 0 atom stereocenters. The van der Waals surface area contributed by atoms with Crippen LogP contribution in [0.2, 0.25) is 0 Å². The number of carbonyl (C=O) groups excluding carboxylic acids is 1. The van der Waals surface area contributed by atoms with Crippen LogP contribution >= 0.6 is 0 Å². The van der Waals surface area contributed by atoms with Gasteiger partial charge in [0.05, 0.1) is 12.0 Å². The summed E-state index contributed by atoms with van der Waals surface area (Å²) in [6.45, 7) is 1.23. The third-order valence-corrected chi connectivity index (χ3v) is 2.03. The van der Waals surface area contributed by atoms with Gasteiger partial charge in [-0.3, -0.25) is 14.9 Å². The van der Waals surface area contributed by atoms with Crippen LogP contribution < -0.4 is 10.1 Å². The molecule has 0 fully saturated rings. The highest BCUT2D eigenvalue weighted by Crippen LogP contribution is 2.34. The number of carboxylic acid groups (broad SMARTS) is 1. The maximum Gasteiger partial charge on any atom is 0.342 e. The minimum absolute atomic E-state index is 0.113. The van der Waals surface area contributed by atoms with Crippen LogP contribution in [0.3, 0.4) is 0 Å². The van der Waals surface area contributed by atoms with Crippen molar-refractivity contribution in [3.05, 3.63) is 27.8 Å². The summed E-state index contributed by atoms with van der Waals surface area (Å²) in [5.74, 6) is -2.14. The molecule has 0 aliphatic rings. The Morgan fingerprint density at radius 3 is 2.44 bits per heavy atom.